The lowest BCUT2D eigenvalue weighted by molar-refractivity contribution is 0.0998. The number of nitrogens with zero attached hydrogens (tertiary/aromatic N) is 1. The molecule has 4 rings (SSSR count). The van der Waals surface area contributed by atoms with Crippen LogP contribution in [-0.4, -0.2) is 5.91 Å². The summed E-state index contributed by atoms with van der Waals surface area (Å²) in [4.78, 5) is 17.3. The van der Waals surface area contributed by atoms with Crippen molar-refractivity contribution in [1.82, 2.24) is 0 Å². The third kappa shape index (κ3) is 2.56. The van der Waals surface area contributed by atoms with Gasteiger partial charge in [-0.15, -0.1) is 0 Å². The van der Waals surface area contributed by atoms with Crippen LogP contribution < -0.4 is 4.90 Å². The third-order valence-electron chi connectivity index (χ3n) is 4.04. The molecule has 0 atom stereocenters. The van der Waals surface area contributed by atoms with Gasteiger partial charge in [0, 0.05) is 19.8 Å². The number of carbonyl (C=O) groups excluding carboxylic acids is 1. The molecule has 0 radical (unpaired) electrons. The molecular formula is C20H14BrNOS. The molecule has 2 nitrogen and oxygen atoms in total. The normalized spacial score (nSPS) is 12.5. The number of para-hydroxylation sites is 2. The Morgan fingerprint density at radius 1 is 0.917 bits per heavy atom. The van der Waals surface area contributed by atoms with E-state index in [2.05, 4.69) is 28.1 Å². The number of anilines is 2. The van der Waals surface area contributed by atoms with Gasteiger partial charge in [0.1, 0.15) is 0 Å². The van der Waals surface area contributed by atoms with Crippen LogP contribution in [0.5, 0.6) is 0 Å². The average molecular weight is 396 g/mol. The van der Waals surface area contributed by atoms with Crippen LogP contribution in [0.2, 0.25) is 0 Å². The summed E-state index contributed by atoms with van der Waals surface area (Å²) in [5, 5.41) is 0. The number of hydrogen-bond acceptors (Lipinski definition) is 2. The average Bonchev–Trinajstić information content (AvgIpc) is 2.61. The fourth-order valence-corrected chi connectivity index (χ4v) is 4.13. The lowest BCUT2D eigenvalue weighted by atomic mass is 10.1. The van der Waals surface area contributed by atoms with E-state index in [1.54, 1.807) is 11.8 Å². The molecule has 0 fully saturated rings. The van der Waals surface area contributed by atoms with Crippen molar-refractivity contribution in [2.75, 3.05) is 4.90 Å². The summed E-state index contributed by atoms with van der Waals surface area (Å²) in [6.45, 7) is 1.99. The Bertz CT molecular complexity index is 908. The molecule has 3 aromatic carbocycles. The van der Waals surface area contributed by atoms with Gasteiger partial charge >= 0.3 is 0 Å². The summed E-state index contributed by atoms with van der Waals surface area (Å²) in [5.41, 5.74) is 3.61. The van der Waals surface area contributed by atoms with Gasteiger partial charge in [0.2, 0.25) is 0 Å². The number of fused-ring (bicyclic) bond motifs is 2. The molecule has 0 saturated heterocycles. The Hall–Kier alpha value is -2.04. The Morgan fingerprint density at radius 3 is 2.08 bits per heavy atom. The van der Waals surface area contributed by atoms with E-state index in [0.29, 0.717) is 5.56 Å². The summed E-state index contributed by atoms with van der Waals surface area (Å²) in [6.07, 6.45) is 0. The largest absolute Gasteiger partial charge is 0.275 e. The van der Waals surface area contributed by atoms with Gasteiger partial charge in [-0.25, -0.2) is 0 Å². The molecule has 0 aliphatic carbocycles. The summed E-state index contributed by atoms with van der Waals surface area (Å²) >= 11 is 5.20. The van der Waals surface area contributed by atoms with Crippen molar-refractivity contribution in [3.05, 3.63) is 82.3 Å². The Morgan fingerprint density at radius 2 is 1.50 bits per heavy atom. The van der Waals surface area contributed by atoms with Crippen molar-refractivity contribution in [2.24, 2.45) is 0 Å². The maximum atomic E-state index is 13.3. The fraction of sp³-hybridized carbons (Fsp3) is 0.0500. The first-order valence-corrected chi connectivity index (χ1v) is 9.22. The van der Waals surface area contributed by atoms with Gasteiger partial charge in [0.05, 0.1) is 11.4 Å². The van der Waals surface area contributed by atoms with E-state index in [0.717, 1.165) is 31.2 Å². The molecule has 24 heavy (non-hydrogen) atoms. The number of benzene rings is 3. The highest BCUT2D eigenvalue weighted by Crippen LogP contribution is 2.48. The Balaban J connectivity index is 1.88. The molecule has 0 spiro atoms. The highest BCUT2D eigenvalue weighted by atomic mass is 79.9. The van der Waals surface area contributed by atoms with E-state index in [-0.39, 0.29) is 5.91 Å². The van der Waals surface area contributed by atoms with Crippen molar-refractivity contribution >= 4 is 45.0 Å². The van der Waals surface area contributed by atoms with Crippen LogP contribution in [0.4, 0.5) is 11.4 Å². The van der Waals surface area contributed by atoms with Crippen LogP contribution in [0.25, 0.3) is 0 Å². The van der Waals surface area contributed by atoms with Crippen LogP contribution >= 0.6 is 27.7 Å². The number of halogens is 1. The Labute approximate surface area is 153 Å². The molecule has 0 unspecified atom stereocenters. The van der Waals surface area contributed by atoms with E-state index in [4.69, 9.17) is 0 Å². The summed E-state index contributed by atoms with van der Waals surface area (Å²) < 4.78 is 1.01. The molecule has 4 heteroatoms. The van der Waals surface area contributed by atoms with Crippen LogP contribution in [0, 0.1) is 6.92 Å². The summed E-state index contributed by atoms with van der Waals surface area (Å²) in [5.74, 6) is -0.00852. The molecule has 0 bridgehead atoms. The zero-order chi connectivity index (χ0) is 16.7. The standard InChI is InChI=1S/C20H14BrNOS/c1-13-12-14(10-11-15(13)21)20(23)22-16-6-2-4-8-18(16)24-19-9-5-3-7-17(19)22/h2-12H,1H3. The zero-order valence-corrected chi connectivity index (χ0v) is 15.4. The second-order valence-electron chi connectivity index (χ2n) is 5.64. The molecule has 118 valence electrons. The van der Waals surface area contributed by atoms with Gasteiger partial charge in [0.15, 0.2) is 0 Å². The van der Waals surface area contributed by atoms with Gasteiger partial charge in [-0.3, -0.25) is 9.69 Å². The number of amides is 1. The smallest absolute Gasteiger partial charge is 0.262 e. The van der Waals surface area contributed by atoms with Crippen molar-refractivity contribution in [2.45, 2.75) is 16.7 Å². The molecule has 0 N–H and O–H groups in total. The number of aryl methyl sites for hydroxylation is 1. The van der Waals surface area contributed by atoms with E-state index in [1.807, 2.05) is 66.4 Å². The van der Waals surface area contributed by atoms with Crippen LogP contribution in [0.3, 0.4) is 0 Å². The monoisotopic (exact) mass is 395 g/mol. The molecule has 0 saturated carbocycles. The molecule has 0 aromatic heterocycles. The molecular weight excluding hydrogens is 382 g/mol. The maximum absolute atomic E-state index is 13.3. The van der Waals surface area contributed by atoms with E-state index < -0.39 is 0 Å². The molecule has 1 heterocycles. The first kappa shape index (κ1) is 15.5. The molecule has 1 aliphatic heterocycles. The van der Waals surface area contributed by atoms with Crippen molar-refractivity contribution in [3.8, 4) is 0 Å². The minimum absolute atomic E-state index is 0.00852. The molecule has 1 aliphatic rings. The van der Waals surface area contributed by atoms with E-state index in [1.165, 1.54) is 0 Å². The predicted octanol–water partition coefficient (Wildman–Crippen LogP) is 6.20. The first-order valence-electron chi connectivity index (χ1n) is 7.61. The highest BCUT2D eigenvalue weighted by molar-refractivity contribution is 9.10. The van der Waals surface area contributed by atoms with Crippen molar-refractivity contribution < 1.29 is 4.79 Å². The van der Waals surface area contributed by atoms with Gasteiger partial charge in [-0.2, -0.15) is 0 Å². The maximum Gasteiger partial charge on any atom is 0.262 e. The van der Waals surface area contributed by atoms with Gasteiger partial charge in [0.25, 0.3) is 5.91 Å². The third-order valence-corrected chi connectivity index (χ3v) is 6.06. The lowest BCUT2D eigenvalue weighted by Gasteiger charge is -2.31. The number of rotatable bonds is 1. The molecule has 1 amide bonds. The van der Waals surface area contributed by atoms with Crippen LogP contribution in [-0.2, 0) is 0 Å². The van der Waals surface area contributed by atoms with Gasteiger partial charge < -0.3 is 0 Å². The van der Waals surface area contributed by atoms with Gasteiger partial charge in [-0.1, -0.05) is 52.0 Å². The lowest BCUT2D eigenvalue weighted by Crippen LogP contribution is -2.28. The number of hydrogen-bond donors (Lipinski definition) is 0. The van der Waals surface area contributed by atoms with E-state index >= 15 is 0 Å². The first-order chi connectivity index (χ1) is 11.6. The van der Waals surface area contributed by atoms with Gasteiger partial charge in [-0.05, 0) is 55.0 Å². The zero-order valence-electron chi connectivity index (χ0n) is 13.0. The summed E-state index contributed by atoms with van der Waals surface area (Å²) in [7, 11) is 0. The summed E-state index contributed by atoms with van der Waals surface area (Å²) in [6, 6.07) is 21.8. The SMILES string of the molecule is Cc1cc(C(=O)N2c3ccccc3Sc3ccccc32)ccc1Br. The second kappa shape index (κ2) is 6.11. The topological polar surface area (TPSA) is 20.3 Å². The van der Waals surface area contributed by atoms with Crippen LogP contribution in [0.1, 0.15) is 15.9 Å². The molecule has 3 aromatic rings. The minimum atomic E-state index is -0.00852. The quantitative estimate of drug-likeness (QED) is 0.488. The minimum Gasteiger partial charge on any atom is -0.275 e. The fourth-order valence-electron chi connectivity index (χ4n) is 2.83. The predicted molar refractivity (Wildman–Crippen MR) is 102 cm³/mol. The second-order valence-corrected chi connectivity index (χ2v) is 7.58. The number of carbonyl (C=O) groups is 1. The Kier molecular flexibility index (Phi) is 3.94. The van der Waals surface area contributed by atoms with Crippen LogP contribution in [0.15, 0.2) is 81.0 Å². The van der Waals surface area contributed by atoms with E-state index in [9.17, 15) is 4.79 Å². The van der Waals surface area contributed by atoms with Crippen molar-refractivity contribution in [1.29, 1.82) is 0 Å². The van der Waals surface area contributed by atoms with Crippen molar-refractivity contribution in [3.63, 3.8) is 0 Å². The highest BCUT2D eigenvalue weighted by Gasteiger charge is 2.28.